The summed E-state index contributed by atoms with van der Waals surface area (Å²) in [4.78, 5) is 25.0. The fourth-order valence-electron chi connectivity index (χ4n) is 0. The van der Waals surface area contributed by atoms with Crippen molar-refractivity contribution in [1.29, 1.82) is 0 Å². The van der Waals surface area contributed by atoms with Crippen molar-refractivity contribution < 1.29 is 123 Å². The number of hydrogen-bond donors (Lipinski definition) is 1. The third-order valence-electron chi connectivity index (χ3n) is 0. The van der Waals surface area contributed by atoms with Crippen LogP contribution >= 0.6 is 0 Å². The van der Waals surface area contributed by atoms with Crippen molar-refractivity contribution >= 4 is 18.5 Å². The fourth-order valence-corrected chi connectivity index (χ4v) is 0. The third-order valence-corrected chi connectivity index (χ3v) is 0. The predicted molar refractivity (Wildman–Crippen MR) is 22.2 cm³/mol. The van der Waals surface area contributed by atoms with E-state index in [2.05, 4.69) is 0 Å². The molecule has 4 N–H and O–H groups in total. The van der Waals surface area contributed by atoms with Crippen LogP contribution in [-0.2, 0) is 26.2 Å². The topological polar surface area (TPSA) is 226 Å². The molecule has 0 atom stereocenters. The van der Waals surface area contributed by atoms with E-state index in [0.29, 0.717) is 0 Å². The molecule has 0 heterocycles. The van der Waals surface area contributed by atoms with Crippen LogP contribution < -0.4 is 88.2 Å². The number of rotatable bonds is 0. The summed E-state index contributed by atoms with van der Waals surface area (Å²) in [5, 5.41) is 50.0. The van der Waals surface area contributed by atoms with Crippen LogP contribution in [0.25, 0.3) is 0 Å². The van der Waals surface area contributed by atoms with Gasteiger partial charge in [0.15, 0.2) is 0 Å². The Kier molecular flexibility index (Phi) is 70.5. The number of quaternary nitrogens is 1. The summed E-state index contributed by atoms with van der Waals surface area (Å²) in [5.74, 6) is 0. The van der Waals surface area contributed by atoms with Crippen molar-refractivity contribution in [3.8, 4) is 0 Å². The first kappa shape index (κ1) is 36.2. The second-order valence-corrected chi connectivity index (χ2v) is 0.750. The largest absolute Gasteiger partial charge is 4.00 e. The van der Waals surface area contributed by atoms with Gasteiger partial charge >= 0.3 is 77.6 Å². The molecule has 0 bridgehead atoms. The molecule has 80 valence electrons. The molecule has 0 aliphatic carbocycles. The quantitative estimate of drug-likeness (QED) is 0.415. The molecule has 0 rings (SSSR count). The van der Waals surface area contributed by atoms with E-state index in [-0.39, 0.29) is 83.7 Å². The molecule has 10 nitrogen and oxygen atoms in total. The molecule has 0 saturated heterocycles. The van der Waals surface area contributed by atoms with Gasteiger partial charge in [-0.05, 0) is 18.5 Å². The molecule has 0 amide bonds. The molecule has 0 aromatic rings. The van der Waals surface area contributed by atoms with Gasteiger partial charge in [-0.25, -0.2) is 0 Å². The van der Waals surface area contributed by atoms with Gasteiger partial charge in [-0.1, -0.05) is 0 Å². The summed E-state index contributed by atoms with van der Waals surface area (Å²) in [7, 11) is 0. The molecule has 0 fully saturated rings. The van der Waals surface area contributed by atoms with Gasteiger partial charge in [-0.3, -0.25) is 0 Å². The average Bonchev–Trinajstić information content (AvgIpc) is 1.54. The van der Waals surface area contributed by atoms with E-state index in [9.17, 15) is 0 Å². The van der Waals surface area contributed by atoms with Crippen molar-refractivity contribution in [2.45, 2.75) is 0 Å². The molecule has 0 aromatic carbocycles. The SMILES string of the molecule is O=C([O-])[O-].O=C([O-])[O-].O=C([O-])[O-].[K+].[NH4+].[Zr+4]. The summed E-state index contributed by atoms with van der Waals surface area (Å²) in [5.41, 5.74) is 0. The van der Waals surface area contributed by atoms with Gasteiger partial charge in [-0.15, -0.1) is 0 Å². The van der Waals surface area contributed by atoms with Crippen molar-refractivity contribution in [2.75, 3.05) is 0 Å². The van der Waals surface area contributed by atoms with E-state index in [1.807, 2.05) is 0 Å². The summed E-state index contributed by atoms with van der Waals surface area (Å²) < 4.78 is 0. The minimum absolute atomic E-state index is 0. The molecular weight excluding hydrogens is 324 g/mol. The van der Waals surface area contributed by atoms with Crippen LogP contribution in [0.2, 0.25) is 0 Å². The minimum atomic E-state index is -2.33. The minimum Gasteiger partial charge on any atom is -0.652 e. The molecule has 0 unspecified atom stereocenters. The van der Waals surface area contributed by atoms with Crippen molar-refractivity contribution in [3.63, 3.8) is 0 Å². The van der Waals surface area contributed by atoms with Crippen LogP contribution in [0.4, 0.5) is 14.4 Å². The normalized spacial score (nSPS) is 4.80. The maximum absolute atomic E-state index is 8.33. The average molecular weight is 328 g/mol. The van der Waals surface area contributed by atoms with Gasteiger partial charge in [-0.2, -0.15) is 0 Å². The Bertz CT molecular complexity index is 123. The first-order valence-corrected chi connectivity index (χ1v) is 1.84. The Labute approximate surface area is 145 Å². The molecule has 12 heteroatoms. The van der Waals surface area contributed by atoms with Gasteiger partial charge in [0.2, 0.25) is 0 Å². The van der Waals surface area contributed by atoms with E-state index >= 15 is 0 Å². The van der Waals surface area contributed by atoms with Crippen LogP contribution in [0.3, 0.4) is 0 Å². The Morgan fingerprint density at radius 2 is 0.600 bits per heavy atom. The van der Waals surface area contributed by atoms with Crippen molar-refractivity contribution in [1.82, 2.24) is 6.15 Å². The first-order chi connectivity index (χ1) is 5.20. The summed E-state index contributed by atoms with van der Waals surface area (Å²) in [6.07, 6.45) is -7.00. The number of carbonyl (C=O) groups excluding carboxylic acids is 3. The van der Waals surface area contributed by atoms with Gasteiger partial charge in [0.1, 0.15) is 0 Å². The van der Waals surface area contributed by atoms with Gasteiger partial charge in [0, 0.05) is 0 Å². The number of carbonyl (C=O) groups is 3. The second-order valence-electron chi connectivity index (χ2n) is 0.750. The molecule has 15 heavy (non-hydrogen) atoms. The second kappa shape index (κ2) is 29.2. The molecule has 0 saturated carbocycles. The van der Waals surface area contributed by atoms with Gasteiger partial charge in [0.05, 0.1) is 0 Å². The van der Waals surface area contributed by atoms with Crippen LogP contribution in [-0.4, -0.2) is 18.5 Å². The smallest absolute Gasteiger partial charge is 0.652 e. The number of hydrogen-bond acceptors (Lipinski definition) is 9. The number of carboxylic acid groups (broad SMARTS) is 6. The standard InChI is InChI=1S/3CH2O3.K.H3N.Zr/c3*2-1(3)4;;;/h3*(H2,2,3,4);;1H3;/q;;;+1;;+4/p-5. The van der Waals surface area contributed by atoms with Crippen LogP contribution in [0.5, 0.6) is 0 Å². The summed E-state index contributed by atoms with van der Waals surface area (Å²) in [6, 6.07) is 0. The van der Waals surface area contributed by atoms with E-state index < -0.39 is 18.5 Å². The Balaban J connectivity index is -0.0000000184. The molecule has 0 spiro atoms. The maximum Gasteiger partial charge on any atom is 4.00 e. The zero-order chi connectivity index (χ0) is 10.7. The van der Waals surface area contributed by atoms with Crippen LogP contribution in [0.15, 0.2) is 0 Å². The monoisotopic (exact) mass is 327 g/mol. The van der Waals surface area contributed by atoms with E-state index in [1.54, 1.807) is 0 Å². The van der Waals surface area contributed by atoms with Crippen LogP contribution in [0.1, 0.15) is 0 Å². The molecular formula is C3H4KNO9Zr. The molecule has 0 aliphatic rings. The zero-order valence-electron chi connectivity index (χ0n) is 7.67. The van der Waals surface area contributed by atoms with E-state index in [1.165, 1.54) is 0 Å². The van der Waals surface area contributed by atoms with Crippen molar-refractivity contribution in [3.05, 3.63) is 0 Å². The first-order valence-electron chi connectivity index (χ1n) is 1.84. The zero-order valence-corrected chi connectivity index (χ0v) is 13.3. The van der Waals surface area contributed by atoms with Gasteiger partial charge in [0.25, 0.3) is 0 Å². The Hall–Kier alpha value is 0.289. The van der Waals surface area contributed by atoms with Gasteiger partial charge < -0.3 is 51.2 Å². The van der Waals surface area contributed by atoms with Crippen LogP contribution in [0, 0.1) is 0 Å². The molecule has 0 aliphatic heterocycles. The summed E-state index contributed by atoms with van der Waals surface area (Å²) in [6.45, 7) is 0. The summed E-state index contributed by atoms with van der Waals surface area (Å²) >= 11 is 0. The maximum atomic E-state index is 8.33. The Morgan fingerprint density at radius 3 is 0.600 bits per heavy atom. The predicted octanol–water partition coefficient (Wildman–Crippen LogP) is -9.96. The van der Waals surface area contributed by atoms with E-state index in [4.69, 9.17) is 45.0 Å². The molecule has 0 aromatic heterocycles. The fraction of sp³-hybridized carbons (Fsp3) is 0. The van der Waals surface area contributed by atoms with Crippen molar-refractivity contribution in [2.24, 2.45) is 0 Å². The Morgan fingerprint density at radius 1 is 0.600 bits per heavy atom. The van der Waals surface area contributed by atoms with E-state index in [0.717, 1.165) is 0 Å². The third kappa shape index (κ3) is 25800. The molecule has 0 radical (unpaired) electrons.